The zero-order valence-electron chi connectivity index (χ0n) is 15.6. The normalized spacial score (nSPS) is 9.24. The van der Waals surface area contributed by atoms with Crippen LogP contribution in [0.1, 0.15) is 60.3 Å². The number of rotatable bonds is 8. The van der Waals surface area contributed by atoms with Crippen LogP contribution in [-0.4, -0.2) is 34.3 Å². The summed E-state index contributed by atoms with van der Waals surface area (Å²) < 4.78 is 0. The third-order valence-corrected chi connectivity index (χ3v) is 2.53. The number of carbonyl (C=O) groups excluding carboxylic acids is 2. The third kappa shape index (κ3) is 34.1. The lowest BCUT2D eigenvalue weighted by atomic mass is 9.91. The second-order valence-electron chi connectivity index (χ2n) is 6.28. The predicted molar refractivity (Wildman–Crippen MR) is 92.4 cm³/mol. The average Bonchev–Trinajstić information content (AvgIpc) is 2.36. The number of carbonyl (C=O) groups is 4. The van der Waals surface area contributed by atoms with Crippen molar-refractivity contribution in [1.29, 1.82) is 5.26 Å². The number of carboxylic acids is 2. The molecule has 0 fully saturated rings. The number of nitriles is 1. The fourth-order valence-electron chi connectivity index (χ4n) is 1.67. The maximum absolute atomic E-state index is 10.4. The van der Waals surface area contributed by atoms with Crippen molar-refractivity contribution in [2.24, 2.45) is 17.8 Å². The lowest BCUT2D eigenvalue weighted by molar-refractivity contribution is -0.140. The minimum Gasteiger partial charge on any atom is -0.481 e. The minimum absolute atomic E-state index is 0.0511. The maximum atomic E-state index is 10.4. The molecule has 0 aromatic rings. The predicted octanol–water partition coefficient (Wildman–Crippen LogP) is 2.43. The first-order chi connectivity index (χ1) is 11.5. The van der Waals surface area contributed by atoms with Crippen LogP contribution in [0.5, 0.6) is 0 Å². The average molecular weight is 358 g/mol. The van der Waals surface area contributed by atoms with Gasteiger partial charge in [0.05, 0.1) is 0 Å². The Labute approximate surface area is 149 Å². The smallest absolute Gasteiger partial charge is 0.303 e. The van der Waals surface area contributed by atoms with Crippen molar-refractivity contribution in [2.45, 2.75) is 60.3 Å². The number of nitrogens with zero attached hydrogens (tertiary/aromatic N) is 1. The van der Waals surface area contributed by atoms with Gasteiger partial charge in [0.2, 0.25) is 5.91 Å². The Hall–Kier alpha value is -2.43. The molecule has 25 heavy (non-hydrogen) atoms. The van der Waals surface area contributed by atoms with E-state index in [-0.39, 0.29) is 24.7 Å². The molecular formula is C17H30N2O6. The standard InChI is InChI=1S/C9H16O4.C5H10O.C3H4N2O/c1-6(2)3-7(4-8(10)11)5-9(12)13;1-5(2)3-4-6;1-3(6)5-2-4/h6-7H,3-5H2,1-2H3,(H,10,11)(H,12,13);4-5H,3H2,1-2H3;1H3,(H,5,6). The molecule has 0 rings (SSSR count). The van der Waals surface area contributed by atoms with E-state index in [0.29, 0.717) is 24.7 Å². The van der Waals surface area contributed by atoms with Crippen LogP contribution in [0, 0.1) is 29.2 Å². The van der Waals surface area contributed by atoms with Gasteiger partial charge < -0.3 is 15.0 Å². The van der Waals surface area contributed by atoms with Gasteiger partial charge in [-0.25, -0.2) is 0 Å². The first-order valence-electron chi connectivity index (χ1n) is 7.98. The summed E-state index contributed by atoms with van der Waals surface area (Å²) in [4.78, 5) is 40.1. The minimum atomic E-state index is -0.924. The Morgan fingerprint density at radius 1 is 1.04 bits per heavy atom. The summed E-state index contributed by atoms with van der Waals surface area (Å²) in [5, 5.41) is 26.6. The Balaban J connectivity index is -0.000000336. The van der Waals surface area contributed by atoms with Crippen molar-refractivity contribution in [3.8, 4) is 6.19 Å². The lowest BCUT2D eigenvalue weighted by Gasteiger charge is -2.14. The van der Waals surface area contributed by atoms with E-state index < -0.39 is 11.9 Å². The molecule has 0 saturated carbocycles. The van der Waals surface area contributed by atoms with Gasteiger partial charge in [-0.1, -0.05) is 27.7 Å². The van der Waals surface area contributed by atoms with E-state index in [9.17, 15) is 19.2 Å². The summed E-state index contributed by atoms with van der Waals surface area (Å²) in [6.45, 7) is 9.24. The second-order valence-corrected chi connectivity index (χ2v) is 6.28. The van der Waals surface area contributed by atoms with Crippen LogP contribution in [0.4, 0.5) is 0 Å². The Morgan fingerprint density at radius 3 is 1.60 bits per heavy atom. The van der Waals surface area contributed by atoms with Gasteiger partial charge in [-0.3, -0.25) is 19.7 Å². The molecule has 0 radical (unpaired) electrons. The molecule has 0 atom stereocenters. The zero-order valence-corrected chi connectivity index (χ0v) is 15.6. The number of nitrogens with one attached hydrogen (secondary N) is 1. The van der Waals surface area contributed by atoms with Gasteiger partial charge >= 0.3 is 11.9 Å². The highest BCUT2D eigenvalue weighted by Gasteiger charge is 2.17. The van der Waals surface area contributed by atoms with Crippen LogP contribution in [0.3, 0.4) is 0 Å². The molecule has 0 bridgehead atoms. The maximum Gasteiger partial charge on any atom is 0.303 e. The van der Waals surface area contributed by atoms with E-state index in [1.165, 1.54) is 13.1 Å². The first-order valence-corrected chi connectivity index (χ1v) is 7.98. The quantitative estimate of drug-likeness (QED) is 0.343. The molecule has 0 spiro atoms. The van der Waals surface area contributed by atoms with Crippen molar-refractivity contribution in [3.63, 3.8) is 0 Å². The van der Waals surface area contributed by atoms with Crippen LogP contribution in [0.15, 0.2) is 0 Å². The van der Waals surface area contributed by atoms with E-state index in [4.69, 9.17) is 15.5 Å². The van der Waals surface area contributed by atoms with Gasteiger partial charge in [0.1, 0.15) is 6.29 Å². The highest BCUT2D eigenvalue weighted by atomic mass is 16.4. The van der Waals surface area contributed by atoms with E-state index in [1.807, 2.05) is 33.0 Å². The van der Waals surface area contributed by atoms with Gasteiger partial charge in [0.25, 0.3) is 0 Å². The van der Waals surface area contributed by atoms with Gasteiger partial charge in [-0.05, 0) is 24.2 Å². The molecule has 0 aliphatic carbocycles. The van der Waals surface area contributed by atoms with E-state index in [1.54, 1.807) is 0 Å². The zero-order chi connectivity index (χ0) is 20.4. The fourth-order valence-corrected chi connectivity index (χ4v) is 1.67. The Bertz CT molecular complexity index is 425. The van der Waals surface area contributed by atoms with Crippen molar-refractivity contribution in [1.82, 2.24) is 5.32 Å². The molecule has 8 heteroatoms. The summed E-state index contributed by atoms with van der Waals surface area (Å²) in [6, 6.07) is 0. The van der Waals surface area contributed by atoms with E-state index >= 15 is 0 Å². The highest BCUT2D eigenvalue weighted by Crippen LogP contribution is 2.18. The molecule has 0 heterocycles. The largest absolute Gasteiger partial charge is 0.481 e. The molecule has 0 aromatic heterocycles. The molecule has 0 unspecified atom stereocenters. The monoisotopic (exact) mass is 358 g/mol. The topological polar surface area (TPSA) is 145 Å². The Kier molecular flexibility index (Phi) is 19.7. The van der Waals surface area contributed by atoms with Gasteiger partial charge in [0.15, 0.2) is 6.19 Å². The van der Waals surface area contributed by atoms with Crippen LogP contribution in [0.25, 0.3) is 0 Å². The third-order valence-electron chi connectivity index (χ3n) is 2.53. The molecule has 144 valence electrons. The van der Waals surface area contributed by atoms with Gasteiger partial charge in [-0.15, -0.1) is 0 Å². The molecule has 0 aliphatic rings. The van der Waals surface area contributed by atoms with Crippen molar-refractivity contribution >= 4 is 24.1 Å². The number of aliphatic carboxylic acids is 2. The van der Waals surface area contributed by atoms with Gasteiger partial charge in [0, 0.05) is 26.2 Å². The molecule has 0 aromatic carbocycles. The van der Waals surface area contributed by atoms with Gasteiger partial charge in [-0.2, -0.15) is 5.26 Å². The van der Waals surface area contributed by atoms with Crippen LogP contribution >= 0.6 is 0 Å². The molecule has 3 N–H and O–H groups in total. The fraction of sp³-hybridized carbons (Fsp3) is 0.706. The molecule has 0 aliphatic heterocycles. The van der Waals surface area contributed by atoms with E-state index in [0.717, 1.165) is 6.29 Å². The lowest BCUT2D eigenvalue weighted by Crippen LogP contribution is -2.14. The summed E-state index contributed by atoms with van der Waals surface area (Å²) in [6.07, 6.45) is 3.66. The summed E-state index contributed by atoms with van der Waals surface area (Å²) in [7, 11) is 0. The summed E-state index contributed by atoms with van der Waals surface area (Å²) in [5.41, 5.74) is 0. The highest BCUT2D eigenvalue weighted by molar-refractivity contribution is 5.74. The van der Waals surface area contributed by atoms with Crippen LogP contribution in [-0.2, 0) is 19.2 Å². The molecule has 0 saturated heterocycles. The summed E-state index contributed by atoms with van der Waals surface area (Å²) >= 11 is 0. The van der Waals surface area contributed by atoms with Crippen molar-refractivity contribution in [3.05, 3.63) is 0 Å². The van der Waals surface area contributed by atoms with E-state index in [2.05, 4.69) is 0 Å². The van der Waals surface area contributed by atoms with Crippen molar-refractivity contribution < 1.29 is 29.4 Å². The number of hydrogen-bond acceptors (Lipinski definition) is 5. The number of hydrogen-bond donors (Lipinski definition) is 3. The first kappa shape index (κ1) is 27.4. The van der Waals surface area contributed by atoms with Crippen molar-refractivity contribution in [2.75, 3.05) is 0 Å². The van der Waals surface area contributed by atoms with Crippen LogP contribution < -0.4 is 5.32 Å². The number of carboxylic acid groups (broad SMARTS) is 2. The molecule has 1 amide bonds. The second kappa shape index (κ2) is 17.9. The van der Waals surface area contributed by atoms with Crippen LogP contribution in [0.2, 0.25) is 0 Å². The SMILES string of the molecule is CC(=O)NC#N.CC(C)CC(CC(=O)O)CC(=O)O.CC(C)CC=O. The number of aldehydes is 1. The number of amides is 1. The Morgan fingerprint density at radius 2 is 1.48 bits per heavy atom. The molecule has 8 nitrogen and oxygen atoms in total. The molecular weight excluding hydrogens is 328 g/mol. The summed E-state index contributed by atoms with van der Waals surface area (Å²) in [5.74, 6) is -1.54.